The Balaban J connectivity index is 2.26. The number of amides is 1. The molecule has 0 aliphatic carbocycles. The summed E-state index contributed by atoms with van der Waals surface area (Å²) in [6.07, 6.45) is 2.05. The van der Waals surface area contributed by atoms with Crippen molar-refractivity contribution in [3.63, 3.8) is 0 Å². The van der Waals surface area contributed by atoms with E-state index in [0.29, 0.717) is 5.92 Å². The first-order valence-electron chi connectivity index (χ1n) is 12.0. The summed E-state index contributed by atoms with van der Waals surface area (Å²) in [5.74, 6) is 0.657. The highest BCUT2D eigenvalue weighted by atomic mass is 16.2. The second-order valence-corrected chi connectivity index (χ2v) is 9.17. The van der Waals surface area contributed by atoms with Crippen LogP contribution in [0.4, 0.5) is 5.69 Å². The average molecular weight is 423 g/mol. The SMILES string of the molecule is CCN(CC)CCCN(C(=O)C(C)c1ccc(CC(C)C)cc1)c1c(C)cccc1C. The van der Waals surface area contributed by atoms with Gasteiger partial charge in [-0.2, -0.15) is 0 Å². The van der Waals surface area contributed by atoms with E-state index in [1.165, 1.54) is 5.56 Å². The zero-order valence-electron chi connectivity index (χ0n) is 20.7. The van der Waals surface area contributed by atoms with Crippen LogP contribution in [0, 0.1) is 19.8 Å². The molecule has 0 fully saturated rings. The van der Waals surface area contributed by atoms with E-state index in [9.17, 15) is 4.79 Å². The first-order chi connectivity index (χ1) is 14.8. The van der Waals surface area contributed by atoms with Crippen molar-refractivity contribution in [1.82, 2.24) is 4.90 Å². The third-order valence-corrected chi connectivity index (χ3v) is 6.22. The lowest BCUT2D eigenvalue weighted by Gasteiger charge is -2.30. The maximum atomic E-state index is 13.7. The fourth-order valence-corrected chi connectivity index (χ4v) is 4.35. The molecule has 2 aromatic carbocycles. The molecule has 0 radical (unpaired) electrons. The Bertz CT molecular complexity index is 801. The topological polar surface area (TPSA) is 23.6 Å². The molecule has 0 heterocycles. The molecule has 3 nitrogen and oxygen atoms in total. The predicted octanol–water partition coefficient (Wildman–Crippen LogP) is 6.37. The molecule has 0 spiro atoms. The fourth-order valence-electron chi connectivity index (χ4n) is 4.35. The van der Waals surface area contributed by atoms with E-state index in [1.807, 2.05) is 11.8 Å². The zero-order valence-corrected chi connectivity index (χ0v) is 20.7. The highest BCUT2D eigenvalue weighted by Gasteiger charge is 2.25. The summed E-state index contributed by atoms with van der Waals surface area (Å²) in [5, 5.41) is 0. The molecular weight excluding hydrogens is 380 g/mol. The lowest BCUT2D eigenvalue weighted by atomic mass is 9.95. The number of nitrogens with zero attached hydrogens (tertiary/aromatic N) is 2. The summed E-state index contributed by atoms with van der Waals surface area (Å²) in [6.45, 7) is 19.0. The third-order valence-electron chi connectivity index (χ3n) is 6.22. The molecule has 0 aliphatic heterocycles. The molecule has 1 unspecified atom stereocenters. The second kappa shape index (κ2) is 12.0. The molecule has 0 saturated heterocycles. The molecule has 0 aliphatic rings. The van der Waals surface area contributed by atoms with E-state index in [1.54, 1.807) is 0 Å². The fraction of sp³-hybridized carbons (Fsp3) is 0.536. The molecule has 2 rings (SSSR count). The van der Waals surface area contributed by atoms with E-state index in [4.69, 9.17) is 0 Å². The van der Waals surface area contributed by atoms with Crippen LogP contribution in [0.15, 0.2) is 42.5 Å². The minimum atomic E-state index is -0.166. The van der Waals surface area contributed by atoms with Crippen LogP contribution in [0.1, 0.15) is 69.2 Å². The third kappa shape index (κ3) is 6.93. The summed E-state index contributed by atoms with van der Waals surface area (Å²) < 4.78 is 0. The standard InChI is InChI=1S/C28H42N2O/c1-8-29(9-2)18-11-19-30(27-22(5)12-10-13-23(27)6)28(31)24(7)26-16-14-25(15-17-26)20-21(3)4/h10,12-17,21,24H,8-9,11,18-20H2,1-7H3. The maximum Gasteiger partial charge on any atom is 0.234 e. The number of hydrogen-bond acceptors (Lipinski definition) is 2. The molecule has 0 aromatic heterocycles. The van der Waals surface area contributed by atoms with Gasteiger partial charge in [0.1, 0.15) is 0 Å². The van der Waals surface area contributed by atoms with Crippen LogP contribution in [-0.4, -0.2) is 37.0 Å². The Morgan fingerprint density at radius 1 is 0.871 bits per heavy atom. The molecule has 0 N–H and O–H groups in total. The molecule has 3 heteroatoms. The zero-order chi connectivity index (χ0) is 23.0. The molecule has 1 amide bonds. The molecular formula is C28H42N2O. The number of anilines is 1. The Hall–Kier alpha value is -2.13. The normalized spacial score (nSPS) is 12.4. The van der Waals surface area contributed by atoms with Crippen LogP contribution in [0.3, 0.4) is 0 Å². The summed E-state index contributed by atoms with van der Waals surface area (Å²) in [6, 6.07) is 14.9. The first-order valence-corrected chi connectivity index (χ1v) is 12.0. The first kappa shape index (κ1) is 25.1. The van der Waals surface area contributed by atoms with Gasteiger partial charge in [0, 0.05) is 12.2 Å². The van der Waals surface area contributed by atoms with Gasteiger partial charge in [-0.25, -0.2) is 0 Å². The Morgan fingerprint density at radius 3 is 1.97 bits per heavy atom. The quantitative estimate of drug-likeness (QED) is 0.420. The number of para-hydroxylation sites is 1. The largest absolute Gasteiger partial charge is 0.311 e. The smallest absolute Gasteiger partial charge is 0.234 e. The number of aryl methyl sites for hydroxylation is 2. The summed E-state index contributed by atoms with van der Waals surface area (Å²) in [5.41, 5.74) is 5.84. The van der Waals surface area contributed by atoms with Gasteiger partial charge in [0.05, 0.1) is 5.92 Å². The van der Waals surface area contributed by atoms with Gasteiger partial charge in [0.25, 0.3) is 0 Å². The summed E-state index contributed by atoms with van der Waals surface area (Å²) in [7, 11) is 0. The van der Waals surface area contributed by atoms with Crippen molar-refractivity contribution in [2.45, 2.75) is 67.2 Å². The van der Waals surface area contributed by atoms with Crippen LogP contribution in [0.2, 0.25) is 0 Å². The number of hydrogen-bond donors (Lipinski definition) is 0. The number of carbonyl (C=O) groups excluding carboxylic acids is 1. The average Bonchev–Trinajstić information content (AvgIpc) is 2.74. The van der Waals surface area contributed by atoms with Gasteiger partial charge in [-0.05, 0) is 81.4 Å². The van der Waals surface area contributed by atoms with E-state index < -0.39 is 0 Å². The number of benzene rings is 2. The van der Waals surface area contributed by atoms with Gasteiger partial charge in [0.2, 0.25) is 5.91 Å². The molecule has 0 bridgehead atoms. The van der Waals surface area contributed by atoms with Crippen molar-refractivity contribution in [2.24, 2.45) is 5.92 Å². The van der Waals surface area contributed by atoms with E-state index in [0.717, 1.165) is 61.4 Å². The second-order valence-electron chi connectivity index (χ2n) is 9.17. The summed E-state index contributed by atoms with van der Waals surface area (Å²) >= 11 is 0. The predicted molar refractivity (Wildman–Crippen MR) is 134 cm³/mol. The van der Waals surface area contributed by atoms with Gasteiger partial charge in [-0.1, -0.05) is 70.2 Å². The van der Waals surface area contributed by atoms with Gasteiger partial charge in [-0.3, -0.25) is 4.79 Å². The van der Waals surface area contributed by atoms with Crippen molar-refractivity contribution in [3.8, 4) is 0 Å². The molecule has 170 valence electrons. The Morgan fingerprint density at radius 2 is 1.45 bits per heavy atom. The minimum Gasteiger partial charge on any atom is -0.311 e. The van der Waals surface area contributed by atoms with Crippen LogP contribution < -0.4 is 4.90 Å². The van der Waals surface area contributed by atoms with Crippen molar-refractivity contribution in [3.05, 3.63) is 64.7 Å². The Kier molecular flexibility index (Phi) is 9.77. The van der Waals surface area contributed by atoms with Gasteiger partial charge >= 0.3 is 0 Å². The van der Waals surface area contributed by atoms with Crippen molar-refractivity contribution >= 4 is 11.6 Å². The number of rotatable bonds is 11. The molecule has 1 atom stereocenters. The molecule has 0 saturated carbocycles. The molecule has 2 aromatic rings. The maximum absolute atomic E-state index is 13.7. The lowest BCUT2D eigenvalue weighted by Crippen LogP contribution is -2.38. The van der Waals surface area contributed by atoms with Crippen molar-refractivity contribution in [2.75, 3.05) is 31.1 Å². The van der Waals surface area contributed by atoms with Crippen molar-refractivity contribution in [1.29, 1.82) is 0 Å². The van der Waals surface area contributed by atoms with Gasteiger partial charge < -0.3 is 9.80 Å². The van der Waals surface area contributed by atoms with Gasteiger partial charge in [0.15, 0.2) is 0 Å². The Labute approximate surface area is 190 Å². The minimum absolute atomic E-state index is 0.166. The van der Waals surface area contributed by atoms with E-state index >= 15 is 0 Å². The van der Waals surface area contributed by atoms with Crippen LogP contribution >= 0.6 is 0 Å². The van der Waals surface area contributed by atoms with Crippen molar-refractivity contribution < 1.29 is 4.79 Å². The van der Waals surface area contributed by atoms with Crippen LogP contribution in [-0.2, 0) is 11.2 Å². The van der Waals surface area contributed by atoms with E-state index in [2.05, 4.69) is 88.9 Å². The lowest BCUT2D eigenvalue weighted by molar-refractivity contribution is -0.119. The van der Waals surface area contributed by atoms with Gasteiger partial charge in [-0.15, -0.1) is 0 Å². The monoisotopic (exact) mass is 422 g/mol. The number of carbonyl (C=O) groups is 1. The van der Waals surface area contributed by atoms with Crippen LogP contribution in [0.25, 0.3) is 0 Å². The molecule has 31 heavy (non-hydrogen) atoms. The highest BCUT2D eigenvalue weighted by molar-refractivity contribution is 5.99. The highest BCUT2D eigenvalue weighted by Crippen LogP contribution is 2.29. The van der Waals surface area contributed by atoms with E-state index in [-0.39, 0.29) is 11.8 Å². The van der Waals surface area contributed by atoms with Crippen LogP contribution in [0.5, 0.6) is 0 Å². The summed E-state index contributed by atoms with van der Waals surface area (Å²) in [4.78, 5) is 18.2.